The smallest absolute Gasteiger partial charge is 0.344 e. The Morgan fingerprint density at radius 2 is 1.20 bits per heavy atom. The van der Waals surface area contributed by atoms with Crippen molar-refractivity contribution in [3.05, 3.63) is 85.5 Å². The molecule has 35 heavy (non-hydrogen) atoms. The fourth-order valence-corrected chi connectivity index (χ4v) is 2.17. The normalized spacial score (nSPS) is 10.2. The van der Waals surface area contributed by atoms with Gasteiger partial charge in [0.15, 0.2) is 6.61 Å². The largest absolute Gasteiger partial charge is 0.508 e. The highest BCUT2D eigenvalue weighted by atomic mass is 16.6. The predicted octanol–water partition coefficient (Wildman–Crippen LogP) is 6.60. The third-order valence-electron chi connectivity index (χ3n) is 3.59. The lowest BCUT2D eigenvalue weighted by Gasteiger charge is -2.19. The van der Waals surface area contributed by atoms with Crippen molar-refractivity contribution in [3.63, 3.8) is 0 Å². The van der Waals surface area contributed by atoms with Gasteiger partial charge in [-0.05, 0) is 76.9 Å². The molecule has 190 valence electrons. The molecular formula is C29H38O6. The van der Waals surface area contributed by atoms with Gasteiger partial charge < -0.3 is 19.3 Å². The van der Waals surface area contributed by atoms with Crippen molar-refractivity contribution in [3.8, 4) is 11.5 Å². The second kappa shape index (κ2) is 15.2. The maximum absolute atomic E-state index is 11.4. The Kier molecular flexibility index (Phi) is 13.5. The molecule has 1 N–H and O–H groups in total. The lowest BCUT2D eigenvalue weighted by molar-refractivity contribution is -0.157. The molecule has 6 nitrogen and oxygen atoms in total. The highest BCUT2D eigenvalue weighted by molar-refractivity contribution is 5.81. The van der Waals surface area contributed by atoms with Crippen molar-refractivity contribution in [2.24, 2.45) is 0 Å². The van der Waals surface area contributed by atoms with Gasteiger partial charge in [-0.2, -0.15) is 0 Å². The first-order valence-corrected chi connectivity index (χ1v) is 11.0. The molecule has 0 unspecified atom stereocenters. The van der Waals surface area contributed by atoms with Gasteiger partial charge in [0.25, 0.3) is 0 Å². The van der Waals surface area contributed by atoms with Gasteiger partial charge in [-0.15, -0.1) is 0 Å². The van der Waals surface area contributed by atoms with E-state index in [1.165, 1.54) is 0 Å². The monoisotopic (exact) mass is 482 g/mol. The first-order valence-electron chi connectivity index (χ1n) is 11.0. The number of phenols is 1. The van der Waals surface area contributed by atoms with Crippen molar-refractivity contribution in [2.45, 2.75) is 52.7 Å². The van der Waals surface area contributed by atoms with Crippen LogP contribution in [0.4, 0.5) is 0 Å². The average molecular weight is 483 g/mol. The lowest BCUT2D eigenvalue weighted by atomic mass is 10.2. The van der Waals surface area contributed by atoms with Gasteiger partial charge in [-0.3, -0.25) is 0 Å². The minimum absolute atomic E-state index is 0.0787. The molecule has 0 heterocycles. The van der Waals surface area contributed by atoms with Crippen LogP contribution in [0, 0.1) is 0 Å². The van der Waals surface area contributed by atoms with Crippen LogP contribution in [0.2, 0.25) is 0 Å². The van der Waals surface area contributed by atoms with Gasteiger partial charge in [-0.25, -0.2) is 9.59 Å². The van der Waals surface area contributed by atoms with E-state index < -0.39 is 11.2 Å². The van der Waals surface area contributed by atoms with E-state index in [0.717, 1.165) is 17.2 Å². The molecule has 0 amide bonds. The average Bonchev–Trinajstić information content (AvgIpc) is 2.77. The highest BCUT2D eigenvalue weighted by Gasteiger charge is 2.16. The van der Waals surface area contributed by atoms with E-state index in [2.05, 4.69) is 19.7 Å². The minimum atomic E-state index is -0.479. The van der Waals surface area contributed by atoms with Gasteiger partial charge in [0.2, 0.25) is 0 Å². The SMILES string of the molecule is C=CC(=O)OC(C)(C)C.C=Cc1ccc(O)cc1.C=Cc1ccc(OCC(=O)OC(C)(C)C)cc1. The Morgan fingerprint density at radius 3 is 1.54 bits per heavy atom. The number of benzene rings is 2. The number of hydrogen-bond acceptors (Lipinski definition) is 6. The molecule has 0 spiro atoms. The summed E-state index contributed by atoms with van der Waals surface area (Å²) in [5.41, 5.74) is 1.15. The quantitative estimate of drug-likeness (QED) is 0.369. The van der Waals surface area contributed by atoms with Gasteiger partial charge in [-0.1, -0.05) is 56.2 Å². The molecule has 0 saturated heterocycles. The van der Waals surface area contributed by atoms with E-state index in [-0.39, 0.29) is 18.5 Å². The van der Waals surface area contributed by atoms with E-state index in [4.69, 9.17) is 19.3 Å². The Morgan fingerprint density at radius 1 is 0.771 bits per heavy atom. The third kappa shape index (κ3) is 17.4. The molecule has 2 aromatic carbocycles. The summed E-state index contributed by atoms with van der Waals surface area (Å²) >= 11 is 0. The van der Waals surface area contributed by atoms with E-state index >= 15 is 0 Å². The fourth-order valence-electron chi connectivity index (χ4n) is 2.17. The van der Waals surface area contributed by atoms with Crippen molar-refractivity contribution in [1.29, 1.82) is 0 Å². The van der Waals surface area contributed by atoms with Crippen LogP contribution in [0.3, 0.4) is 0 Å². The number of ether oxygens (including phenoxy) is 3. The van der Waals surface area contributed by atoms with Gasteiger partial charge in [0, 0.05) is 6.08 Å². The minimum Gasteiger partial charge on any atom is -0.508 e. The van der Waals surface area contributed by atoms with Crippen molar-refractivity contribution in [2.75, 3.05) is 6.61 Å². The van der Waals surface area contributed by atoms with Crippen LogP contribution in [-0.2, 0) is 19.1 Å². The van der Waals surface area contributed by atoms with Crippen molar-refractivity contribution < 1.29 is 28.9 Å². The molecule has 0 aromatic heterocycles. The number of rotatable bonds is 6. The molecule has 0 aliphatic rings. The van der Waals surface area contributed by atoms with Crippen LogP contribution in [0.1, 0.15) is 52.7 Å². The van der Waals surface area contributed by atoms with E-state index in [0.29, 0.717) is 11.5 Å². The van der Waals surface area contributed by atoms with Crippen LogP contribution in [0.25, 0.3) is 12.2 Å². The fraction of sp³-hybridized carbons (Fsp3) is 0.310. The zero-order valence-electron chi connectivity index (χ0n) is 21.7. The maximum atomic E-state index is 11.4. The number of esters is 2. The molecule has 0 radical (unpaired) electrons. The Labute approximate surface area is 209 Å². The molecule has 0 atom stereocenters. The standard InChI is InChI=1S/C14H18O3.C8H8O.C7H12O2/c1-5-11-6-8-12(9-7-11)16-10-13(15)17-14(2,3)4;1-2-7-3-5-8(9)6-4-7;1-5-6(8)9-7(2,3)4/h5-9H,1,10H2,2-4H3;2-6,9H,1H2;5H,1H2,2-4H3. The number of hydrogen-bond donors (Lipinski definition) is 1. The molecule has 0 saturated carbocycles. The first-order chi connectivity index (χ1) is 16.2. The number of carbonyl (C=O) groups excluding carboxylic acids is 2. The molecule has 0 aliphatic carbocycles. The summed E-state index contributed by atoms with van der Waals surface area (Å²) < 4.78 is 15.3. The number of carbonyl (C=O) groups is 2. The molecule has 6 heteroatoms. The van der Waals surface area contributed by atoms with Gasteiger partial charge >= 0.3 is 11.9 Å². The van der Waals surface area contributed by atoms with Crippen molar-refractivity contribution >= 4 is 24.1 Å². The lowest BCUT2D eigenvalue weighted by Crippen LogP contribution is -2.27. The molecule has 0 aliphatic heterocycles. The molecule has 2 aromatic rings. The molecular weight excluding hydrogens is 444 g/mol. The third-order valence-corrected chi connectivity index (χ3v) is 3.59. The summed E-state index contributed by atoms with van der Waals surface area (Å²) in [6, 6.07) is 14.2. The summed E-state index contributed by atoms with van der Waals surface area (Å²) in [5.74, 6) is 0.190. The summed E-state index contributed by atoms with van der Waals surface area (Å²) in [6.45, 7) is 21.3. The van der Waals surface area contributed by atoms with Crippen LogP contribution in [0.15, 0.2) is 74.3 Å². The van der Waals surface area contributed by atoms with E-state index in [9.17, 15) is 9.59 Å². The van der Waals surface area contributed by atoms with E-state index in [1.807, 2.05) is 65.8 Å². The number of phenolic OH excluding ortho intramolecular Hbond substituents is 1. The van der Waals surface area contributed by atoms with Crippen LogP contribution in [0.5, 0.6) is 11.5 Å². The summed E-state index contributed by atoms with van der Waals surface area (Å²) in [5, 5.41) is 8.82. The predicted molar refractivity (Wildman–Crippen MR) is 142 cm³/mol. The maximum Gasteiger partial charge on any atom is 0.344 e. The second-order valence-corrected chi connectivity index (χ2v) is 9.18. The summed E-state index contributed by atoms with van der Waals surface area (Å²) in [6.07, 6.45) is 4.64. The Hall–Kier alpha value is -3.80. The zero-order valence-corrected chi connectivity index (χ0v) is 21.7. The number of aromatic hydroxyl groups is 1. The summed E-state index contributed by atoms with van der Waals surface area (Å²) in [4.78, 5) is 21.9. The van der Waals surface area contributed by atoms with E-state index in [1.54, 1.807) is 36.4 Å². The van der Waals surface area contributed by atoms with Crippen LogP contribution in [-0.4, -0.2) is 34.9 Å². The Bertz CT molecular complexity index is 943. The summed E-state index contributed by atoms with van der Waals surface area (Å²) in [7, 11) is 0. The highest BCUT2D eigenvalue weighted by Crippen LogP contribution is 2.14. The van der Waals surface area contributed by atoms with Crippen LogP contribution >= 0.6 is 0 Å². The van der Waals surface area contributed by atoms with Crippen molar-refractivity contribution in [1.82, 2.24) is 0 Å². The topological polar surface area (TPSA) is 82.1 Å². The second-order valence-electron chi connectivity index (χ2n) is 9.18. The molecule has 2 rings (SSSR count). The Balaban J connectivity index is 0.000000543. The van der Waals surface area contributed by atoms with Gasteiger partial charge in [0.05, 0.1) is 0 Å². The molecule has 0 fully saturated rings. The molecule has 0 bridgehead atoms. The zero-order chi connectivity index (χ0) is 27.1. The van der Waals surface area contributed by atoms with Gasteiger partial charge in [0.1, 0.15) is 22.7 Å². The van der Waals surface area contributed by atoms with Crippen LogP contribution < -0.4 is 4.74 Å². The first kappa shape index (κ1) is 31.2.